The zero-order chi connectivity index (χ0) is 10.4. The van der Waals surface area contributed by atoms with Crippen LogP contribution in [0.15, 0.2) is 24.3 Å². The monoisotopic (exact) mass is 196 g/mol. The van der Waals surface area contributed by atoms with E-state index in [2.05, 4.69) is 37.3 Å². The van der Waals surface area contributed by atoms with Crippen LogP contribution in [0.4, 0.5) is 0 Å². The molecule has 80 valence electrons. The fourth-order valence-corrected chi connectivity index (χ4v) is 1.53. The van der Waals surface area contributed by atoms with Crippen LogP contribution in [0.1, 0.15) is 20.3 Å². The van der Waals surface area contributed by atoms with Gasteiger partial charge in [0.2, 0.25) is 0 Å². The molecule has 0 radical (unpaired) electrons. The van der Waals surface area contributed by atoms with E-state index in [0.717, 1.165) is 13.0 Å². The van der Waals surface area contributed by atoms with Gasteiger partial charge in [-0.25, -0.2) is 0 Å². The van der Waals surface area contributed by atoms with Gasteiger partial charge in [0, 0.05) is 12.6 Å². The lowest BCUT2D eigenvalue weighted by molar-refractivity contribution is 0.0418. The molecule has 0 saturated heterocycles. The third kappa shape index (κ3) is 3.25. The molecule has 14 heavy (non-hydrogen) atoms. The first-order valence-electron chi connectivity index (χ1n) is 5.17. The molecule has 0 fully saturated rings. The molecule has 3 heteroatoms. The van der Waals surface area contributed by atoms with Gasteiger partial charge in [0.25, 0.3) is 0 Å². The SMILES string of the molecule is C=CCON[C@H]1CN[C@H](CC)C=C1C. The Morgan fingerprint density at radius 3 is 3.14 bits per heavy atom. The lowest BCUT2D eigenvalue weighted by Gasteiger charge is -2.28. The molecule has 0 saturated carbocycles. The van der Waals surface area contributed by atoms with E-state index in [1.54, 1.807) is 6.08 Å². The third-order valence-corrected chi connectivity index (χ3v) is 2.46. The third-order valence-electron chi connectivity index (χ3n) is 2.46. The maximum absolute atomic E-state index is 5.21. The maximum Gasteiger partial charge on any atom is 0.0861 e. The van der Waals surface area contributed by atoms with Crippen LogP contribution in [0.3, 0.4) is 0 Å². The summed E-state index contributed by atoms with van der Waals surface area (Å²) in [6.45, 7) is 9.38. The normalized spacial score (nSPS) is 27.1. The van der Waals surface area contributed by atoms with Gasteiger partial charge in [0.1, 0.15) is 0 Å². The minimum atomic E-state index is 0.290. The summed E-state index contributed by atoms with van der Waals surface area (Å²) in [6, 6.07) is 0.810. The number of rotatable bonds is 5. The van der Waals surface area contributed by atoms with E-state index in [1.165, 1.54) is 5.57 Å². The van der Waals surface area contributed by atoms with E-state index >= 15 is 0 Å². The summed E-state index contributed by atoms with van der Waals surface area (Å²) in [5.74, 6) is 0. The highest BCUT2D eigenvalue weighted by Crippen LogP contribution is 2.10. The van der Waals surface area contributed by atoms with Crippen molar-refractivity contribution in [3.63, 3.8) is 0 Å². The largest absolute Gasteiger partial charge is 0.309 e. The van der Waals surface area contributed by atoms with E-state index in [-0.39, 0.29) is 6.04 Å². The molecule has 1 heterocycles. The van der Waals surface area contributed by atoms with Gasteiger partial charge in [-0.2, -0.15) is 5.48 Å². The number of hydrogen-bond donors (Lipinski definition) is 2. The van der Waals surface area contributed by atoms with E-state index < -0.39 is 0 Å². The van der Waals surface area contributed by atoms with E-state index in [9.17, 15) is 0 Å². The molecule has 0 amide bonds. The predicted molar refractivity (Wildman–Crippen MR) is 58.9 cm³/mol. The Morgan fingerprint density at radius 1 is 1.79 bits per heavy atom. The molecule has 0 bridgehead atoms. The highest BCUT2D eigenvalue weighted by molar-refractivity contribution is 5.15. The fourth-order valence-electron chi connectivity index (χ4n) is 1.53. The Balaban J connectivity index is 2.37. The van der Waals surface area contributed by atoms with Crippen LogP contribution < -0.4 is 10.8 Å². The van der Waals surface area contributed by atoms with Gasteiger partial charge >= 0.3 is 0 Å². The fraction of sp³-hybridized carbons (Fsp3) is 0.636. The van der Waals surface area contributed by atoms with Crippen molar-refractivity contribution in [1.29, 1.82) is 0 Å². The summed E-state index contributed by atoms with van der Waals surface area (Å²) in [5, 5.41) is 3.43. The molecule has 0 spiro atoms. The summed E-state index contributed by atoms with van der Waals surface area (Å²) in [4.78, 5) is 5.21. The summed E-state index contributed by atoms with van der Waals surface area (Å²) < 4.78 is 0. The molecule has 0 aromatic rings. The second-order valence-electron chi connectivity index (χ2n) is 3.60. The van der Waals surface area contributed by atoms with Gasteiger partial charge in [-0.05, 0) is 13.3 Å². The Morgan fingerprint density at radius 2 is 2.57 bits per heavy atom. The average Bonchev–Trinajstić information content (AvgIpc) is 2.20. The van der Waals surface area contributed by atoms with Crippen LogP contribution in [0.2, 0.25) is 0 Å². The van der Waals surface area contributed by atoms with Crippen LogP contribution in [0, 0.1) is 0 Å². The Bertz CT molecular complexity index is 213. The first-order valence-corrected chi connectivity index (χ1v) is 5.17. The standard InChI is InChI=1S/C11H20N2O/c1-4-6-14-13-11-8-12-10(5-2)7-9(11)3/h4,7,10-13H,1,5-6,8H2,2-3H3/t10-,11+/m1/s1. The zero-order valence-electron chi connectivity index (χ0n) is 9.05. The van der Waals surface area contributed by atoms with Gasteiger partial charge < -0.3 is 5.32 Å². The minimum absolute atomic E-state index is 0.290. The first-order chi connectivity index (χ1) is 6.77. The van der Waals surface area contributed by atoms with Crippen LogP contribution in [-0.2, 0) is 4.84 Å². The maximum atomic E-state index is 5.21. The molecule has 2 N–H and O–H groups in total. The molecule has 3 nitrogen and oxygen atoms in total. The molecule has 1 aliphatic heterocycles. The molecule has 1 rings (SSSR count). The highest BCUT2D eigenvalue weighted by Gasteiger charge is 2.18. The molecular weight excluding hydrogens is 176 g/mol. The van der Waals surface area contributed by atoms with E-state index in [1.807, 2.05) is 0 Å². The Hall–Kier alpha value is -0.640. The number of hydroxylamine groups is 1. The number of nitrogens with one attached hydrogen (secondary N) is 2. The molecule has 1 aliphatic rings. The summed E-state index contributed by atoms with van der Waals surface area (Å²) in [5.41, 5.74) is 4.36. The van der Waals surface area contributed by atoms with Crippen molar-refractivity contribution in [2.24, 2.45) is 0 Å². The summed E-state index contributed by atoms with van der Waals surface area (Å²) in [7, 11) is 0. The number of hydrogen-bond acceptors (Lipinski definition) is 3. The first kappa shape index (κ1) is 11.4. The van der Waals surface area contributed by atoms with Gasteiger partial charge in [-0.15, -0.1) is 6.58 Å². The lowest BCUT2D eigenvalue weighted by Crippen LogP contribution is -2.46. The quantitative estimate of drug-likeness (QED) is 0.396. The molecule has 0 aliphatic carbocycles. The van der Waals surface area contributed by atoms with Crippen LogP contribution in [0.5, 0.6) is 0 Å². The van der Waals surface area contributed by atoms with Gasteiger partial charge in [0.05, 0.1) is 12.6 Å². The van der Waals surface area contributed by atoms with Crippen molar-refractivity contribution in [3.05, 3.63) is 24.3 Å². The van der Waals surface area contributed by atoms with E-state index in [4.69, 9.17) is 4.84 Å². The topological polar surface area (TPSA) is 33.3 Å². The Labute approximate surface area is 86.2 Å². The van der Waals surface area contributed by atoms with Crippen molar-refractivity contribution < 1.29 is 4.84 Å². The molecular formula is C11H20N2O. The lowest BCUT2D eigenvalue weighted by atomic mass is 10.0. The predicted octanol–water partition coefficient (Wildman–Crippen LogP) is 1.39. The zero-order valence-corrected chi connectivity index (χ0v) is 9.05. The second-order valence-corrected chi connectivity index (χ2v) is 3.60. The van der Waals surface area contributed by atoms with Crippen molar-refractivity contribution in [3.8, 4) is 0 Å². The van der Waals surface area contributed by atoms with Gasteiger partial charge in [-0.1, -0.05) is 24.6 Å². The van der Waals surface area contributed by atoms with Crippen LogP contribution in [0.25, 0.3) is 0 Å². The molecule has 0 aromatic carbocycles. The van der Waals surface area contributed by atoms with Crippen molar-refractivity contribution in [2.45, 2.75) is 32.4 Å². The van der Waals surface area contributed by atoms with Crippen LogP contribution >= 0.6 is 0 Å². The van der Waals surface area contributed by atoms with Crippen molar-refractivity contribution >= 4 is 0 Å². The summed E-state index contributed by atoms with van der Waals surface area (Å²) in [6.07, 6.45) is 5.13. The van der Waals surface area contributed by atoms with Gasteiger partial charge in [0.15, 0.2) is 0 Å². The average molecular weight is 196 g/mol. The Kier molecular flexibility index (Phi) is 4.87. The summed E-state index contributed by atoms with van der Waals surface area (Å²) >= 11 is 0. The van der Waals surface area contributed by atoms with Crippen molar-refractivity contribution in [1.82, 2.24) is 10.8 Å². The molecule has 0 unspecified atom stereocenters. The second kappa shape index (κ2) is 5.96. The molecule has 0 aromatic heterocycles. The van der Waals surface area contributed by atoms with Crippen molar-refractivity contribution in [2.75, 3.05) is 13.2 Å². The van der Waals surface area contributed by atoms with Crippen LogP contribution in [-0.4, -0.2) is 25.2 Å². The van der Waals surface area contributed by atoms with E-state index in [0.29, 0.717) is 12.6 Å². The smallest absolute Gasteiger partial charge is 0.0861 e. The molecule has 2 atom stereocenters. The van der Waals surface area contributed by atoms with Gasteiger partial charge in [-0.3, -0.25) is 4.84 Å². The minimum Gasteiger partial charge on any atom is -0.309 e. The highest BCUT2D eigenvalue weighted by atomic mass is 16.6.